The van der Waals surface area contributed by atoms with Crippen LogP contribution in [-0.2, 0) is 5.79 Å². The van der Waals surface area contributed by atoms with E-state index in [1.807, 2.05) is 0 Å². The van der Waals surface area contributed by atoms with Crippen LogP contribution in [0, 0.1) is 5.82 Å². The smallest absolute Gasteiger partial charge is 0.282 e. The topological polar surface area (TPSA) is 80.9 Å². The number of benzene rings is 1. The van der Waals surface area contributed by atoms with Crippen LogP contribution >= 0.6 is 15.9 Å². The van der Waals surface area contributed by atoms with E-state index in [0.29, 0.717) is 0 Å². The van der Waals surface area contributed by atoms with Gasteiger partial charge in [-0.3, -0.25) is 0 Å². The van der Waals surface area contributed by atoms with Crippen LogP contribution in [0.15, 0.2) is 24.3 Å². The molecule has 0 saturated heterocycles. The van der Waals surface area contributed by atoms with Crippen LogP contribution in [0.3, 0.4) is 0 Å². The molecule has 4 nitrogen and oxygen atoms in total. The van der Waals surface area contributed by atoms with Crippen molar-refractivity contribution in [2.24, 2.45) is 0 Å². The van der Waals surface area contributed by atoms with E-state index in [4.69, 9.17) is 10.2 Å². The minimum Gasteiger partial charge on any atom is -0.357 e. The lowest BCUT2D eigenvalue weighted by molar-refractivity contribution is -0.315. The zero-order valence-corrected chi connectivity index (χ0v) is 8.44. The van der Waals surface area contributed by atoms with Crippen LogP contribution in [0.5, 0.6) is 0 Å². The molecule has 4 N–H and O–H groups in total. The third-order valence-electron chi connectivity index (χ3n) is 1.69. The molecule has 1 rings (SSSR count). The molecule has 0 fully saturated rings. The van der Waals surface area contributed by atoms with E-state index in [-0.39, 0.29) is 5.56 Å². The van der Waals surface area contributed by atoms with Crippen molar-refractivity contribution in [3.05, 3.63) is 35.6 Å². The average Bonchev–Trinajstić information content (AvgIpc) is 2.03. The van der Waals surface area contributed by atoms with E-state index in [1.165, 1.54) is 0 Å². The summed E-state index contributed by atoms with van der Waals surface area (Å²) in [5, 5.41) is 36.5. The van der Waals surface area contributed by atoms with Crippen LogP contribution in [0.4, 0.5) is 4.39 Å². The molecule has 1 aromatic carbocycles. The highest BCUT2D eigenvalue weighted by atomic mass is 79.9. The van der Waals surface area contributed by atoms with Crippen molar-refractivity contribution >= 4 is 15.9 Å². The first-order valence-corrected chi connectivity index (χ1v) is 4.39. The van der Waals surface area contributed by atoms with E-state index in [2.05, 4.69) is 15.9 Å². The van der Waals surface area contributed by atoms with Gasteiger partial charge >= 0.3 is 0 Å². The number of rotatable bonds is 2. The van der Waals surface area contributed by atoms with Gasteiger partial charge in [-0.2, -0.15) is 0 Å². The van der Waals surface area contributed by atoms with Crippen molar-refractivity contribution < 1.29 is 24.8 Å². The lowest BCUT2D eigenvalue weighted by atomic mass is 10.1. The molecule has 0 heterocycles. The number of halogens is 2. The van der Waals surface area contributed by atoms with Crippen LogP contribution in [0.1, 0.15) is 5.56 Å². The standard InChI is InChI=1S/C8H8BrFO4/c9-8(13,14)7(11,12)5-1-3-6(10)4-2-5/h1-4,11-14H. The Labute approximate surface area is 87.4 Å². The Balaban J connectivity index is 3.10. The maximum Gasteiger partial charge on any atom is 0.282 e. The van der Waals surface area contributed by atoms with Crippen LogP contribution in [0.2, 0.25) is 0 Å². The SMILES string of the molecule is OC(O)(Br)C(O)(O)c1ccc(F)cc1. The lowest BCUT2D eigenvalue weighted by Gasteiger charge is -2.30. The molecule has 6 heteroatoms. The summed E-state index contributed by atoms with van der Waals surface area (Å²) in [6.45, 7) is 0. The summed E-state index contributed by atoms with van der Waals surface area (Å²) in [7, 11) is 0. The minimum atomic E-state index is -2.92. The third-order valence-corrected chi connectivity index (χ3v) is 2.24. The maximum absolute atomic E-state index is 12.5. The highest BCUT2D eigenvalue weighted by Gasteiger charge is 2.46. The fraction of sp³-hybridized carbons (Fsp3) is 0.250. The fourth-order valence-electron chi connectivity index (χ4n) is 0.866. The van der Waals surface area contributed by atoms with Gasteiger partial charge in [-0.15, -0.1) is 0 Å². The fourth-order valence-corrected chi connectivity index (χ4v) is 1.09. The number of aliphatic hydroxyl groups is 4. The summed E-state index contributed by atoms with van der Waals surface area (Å²) < 4.78 is 9.57. The third kappa shape index (κ3) is 2.10. The second kappa shape index (κ2) is 3.56. The molecule has 0 atom stereocenters. The van der Waals surface area contributed by atoms with Gasteiger partial charge in [0.05, 0.1) is 0 Å². The molecule has 0 amide bonds. The van der Waals surface area contributed by atoms with Gasteiger partial charge in [-0.25, -0.2) is 4.39 Å². The predicted octanol–water partition coefficient (Wildman–Crippen LogP) is -0.00360. The van der Waals surface area contributed by atoms with Crippen molar-refractivity contribution in [2.75, 3.05) is 0 Å². The van der Waals surface area contributed by atoms with E-state index in [0.717, 1.165) is 24.3 Å². The molecule has 14 heavy (non-hydrogen) atoms. The van der Waals surface area contributed by atoms with Gasteiger partial charge in [-0.1, -0.05) is 12.1 Å². The summed E-state index contributed by atoms with van der Waals surface area (Å²) in [4.78, 5) is 0. The first-order valence-electron chi connectivity index (χ1n) is 3.59. The largest absolute Gasteiger partial charge is 0.357 e. The molecule has 0 saturated carbocycles. The lowest BCUT2D eigenvalue weighted by Crippen LogP contribution is -2.47. The van der Waals surface area contributed by atoms with Gasteiger partial charge in [0.25, 0.3) is 10.5 Å². The zero-order valence-electron chi connectivity index (χ0n) is 6.85. The average molecular weight is 267 g/mol. The maximum atomic E-state index is 12.5. The Bertz CT molecular complexity index is 317. The minimum absolute atomic E-state index is 0.249. The molecule has 0 radical (unpaired) electrons. The quantitative estimate of drug-likeness (QED) is 0.449. The summed E-state index contributed by atoms with van der Waals surface area (Å²) in [6.07, 6.45) is 0. The molecule has 0 unspecified atom stereocenters. The normalized spacial score (nSPS) is 13.0. The molecule has 0 aromatic heterocycles. The number of hydrogen-bond acceptors (Lipinski definition) is 4. The second-order valence-electron chi connectivity index (χ2n) is 2.77. The summed E-state index contributed by atoms with van der Waals surface area (Å²) >= 11 is 2.27. The van der Waals surface area contributed by atoms with Gasteiger partial charge in [0.2, 0.25) is 0 Å². The van der Waals surface area contributed by atoms with E-state index >= 15 is 0 Å². The van der Waals surface area contributed by atoms with Crippen molar-refractivity contribution in [1.82, 2.24) is 0 Å². The Morgan fingerprint density at radius 2 is 1.43 bits per heavy atom. The first kappa shape index (κ1) is 11.5. The van der Waals surface area contributed by atoms with Gasteiger partial charge in [0.15, 0.2) is 0 Å². The highest BCUT2D eigenvalue weighted by molar-refractivity contribution is 9.10. The Morgan fingerprint density at radius 1 is 1.00 bits per heavy atom. The van der Waals surface area contributed by atoms with Gasteiger partial charge in [0.1, 0.15) is 5.82 Å². The first-order chi connectivity index (χ1) is 6.25. The summed E-state index contributed by atoms with van der Waals surface area (Å²) in [5.74, 6) is -3.48. The predicted molar refractivity (Wildman–Crippen MR) is 48.6 cm³/mol. The molecule has 0 aliphatic heterocycles. The Hall–Kier alpha value is -0.530. The molecule has 0 aliphatic carbocycles. The van der Waals surface area contributed by atoms with Gasteiger partial charge in [-0.05, 0) is 28.1 Å². The molecule has 0 spiro atoms. The molecule has 78 valence electrons. The molecular weight excluding hydrogens is 259 g/mol. The molecule has 1 aromatic rings. The number of hydrogen-bond donors (Lipinski definition) is 4. The van der Waals surface area contributed by atoms with E-state index in [1.54, 1.807) is 0 Å². The van der Waals surface area contributed by atoms with Crippen molar-refractivity contribution in [3.8, 4) is 0 Å². The van der Waals surface area contributed by atoms with Gasteiger partial charge in [0, 0.05) is 5.56 Å². The van der Waals surface area contributed by atoms with Crippen LogP contribution in [-0.4, -0.2) is 25.1 Å². The molecular formula is C8H8BrFO4. The molecule has 0 bridgehead atoms. The van der Waals surface area contributed by atoms with Crippen LogP contribution < -0.4 is 0 Å². The molecule has 0 aliphatic rings. The van der Waals surface area contributed by atoms with Crippen molar-refractivity contribution in [1.29, 1.82) is 0 Å². The zero-order chi connectivity index (χ0) is 11.0. The van der Waals surface area contributed by atoms with E-state index < -0.39 is 16.3 Å². The van der Waals surface area contributed by atoms with Crippen molar-refractivity contribution in [3.63, 3.8) is 0 Å². The Kier molecular flexibility index (Phi) is 2.93. The van der Waals surface area contributed by atoms with Gasteiger partial charge < -0.3 is 20.4 Å². The summed E-state index contributed by atoms with van der Waals surface area (Å²) in [5.41, 5.74) is -0.249. The second-order valence-corrected chi connectivity index (χ2v) is 3.87. The highest BCUT2D eigenvalue weighted by Crippen LogP contribution is 2.32. The van der Waals surface area contributed by atoms with Crippen molar-refractivity contribution in [2.45, 2.75) is 10.5 Å². The monoisotopic (exact) mass is 266 g/mol. The van der Waals surface area contributed by atoms with Crippen LogP contribution in [0.25, 0.3) is 0 Å². The summed E-state index contributed by atoms with van der Waals surface area (Å²) in [6, 6.07) is 3.99. The Morgan fingerprint density at radius 3 is 1.79 bits per heavy atom. The number of alkyl halides is 1. The van der Waals surface area contributed by atoms with E-state index in [9.17, 15) is 14.6 Å².